The fourth-order valence-electron chi connectivity index (χ4n) is 1.14. The number of hydrogen-bond donors (Lipinski definition) is 1. The number of hydrogen-bond acceptors (Lipinski definition) is 3. The highest BCUT2D eigenvalue weighted by atomic mass is 16.5. The summed E-state index contributed by atoms with van der Waals surface area (Å²) < 4.78 is 7.30. The van der Waals surface area contributed by atoms with Crippen LogP contribution in [0.3, 0.4) is 0 Å². The minimum absolute atomic E-state index is 0.662. The summed E-state index contributed by atoms with van der Waals surface area (Å²) in [5.41, 5.74) is 7.31. The molecule has 0 spiro atoms. The zero-order valence-corrected chi connectivity index (χ0v) is 8.50. The number of nitrogens with two attached hydrogens (primary N) is 1. The highest BCUT2D eigenvalue weighted by Gasteiger charge is 2.11. The summed E-state index contributed by atoms with van der Waals surface area (Å²) in [5, 5.41) is 4.25. The first-order chi connectivity index (χ1) is 6.20. The molecule has 4 nitrogen and oxygen atoms in total. The van der Waals surface area contributed by atoms with Gasteiger partial charge in [-0.25, -0.2) is 4.68 Å². The minimum Gasteiger partial charge on any atom is -0.476 e. The molecule has 1 aromatic heterocycles. The highest BCUT2D eigenvalue weighted by Crippen LogP contribution is 2.24. The van der Waals surface area contributed by atoms with Crippen LogP contribution in [0.1, 0.15) is 26.0 Å². The van der Waals surface area contributed by atoms with E-state index in [-0.39, 0.29) is 0 Å². The van der Waals surface area contributed by atoms with Crippen LogP contribution in [-0.2, 0) is 6.54 Å². The first-order valence-corrected chi connectivity index (χ1v) is 4.66. The maximum atomic E-state index is 5.81. The predicted molar refractivity (Wildman–Crippen MR) is 52.8 cm³/mol. The molecule has 0 bridgehead atoms. The topological polar surface area (TPSA) is 53.1 Å². The van der Waals surface area contributed by atoms with E-state index in [1.54, 1.807) is 4.68 Å². The van der Waals surface area contributed by atoms with Crippen molar-refractivity contribution in [1.82, 2.24) is 9.78 Å². The predicted octanol–water partition coefficient (Wildman–Crippen LogP) is 1.58. The second-order valence-electron chi connectivity index (χ2n) is 2.97. The van der Waals surface area contributed by atoms with Gasteiger partial charge in [0.25, 0.3) is 0 Å². The van der Waals surface area contributed by atoms with Crippen LogP contribution in [0.5, 0.6) is 5.88 Å². The van der Waals surface area contributed by atoms with Gasteiger partial charge in [-0.05, 0) is 20.3 Å². The van der Waals surface area contributed by atoms with E-state index in [0.717, 1.165) is 18.7 Å². The fourth-order valence-corrected chi connectivity index (χ4v) is 1.14. The number of nitrogen functional groups attached to an aromatic ring is 1. The first-order valence-electron chi connectivity index (χ1n) is 4.66. The molecule has 0 saturated heterocycles. The Kier molecular flexibility index (Phi) is 3.17. The molecule has 0 saturated carbocycles. The minimum atomic E-state index is 0.662. The van der Waals surface area contributed by atoms with Crippen LogP contribution in [0.25, 0.3) is 0 Å². The average molecular weight is 183 g/mol. The third-order valence-electron chi connectivity index (χ3n) is 1.87. The maximum Gasteiger partial charge on any atom is 0.236 e. The highest BCUT2D eigenvalue weighted by molar-refractivity contribution is 5.52. The lowest BCUT2D eigenvalue weighted by Crippen LogP contribution is -2.05. The Morgan fingerprint density at radius 1 is 1.46 bits per heavy atom. The van der Waals surface area contributed by atoms with Crippen molar-refractivity contribution >= 4 is 5.69 Å². The molecular weight excluding hydrogens is 166 g/mol. The second kappa shape index (κ2) is 4.16. The van der Waals surface area contributed by atoms with Gasteiger partial charge in [-0.2, -0.15) is 5.10 Å². The Morgan fingerprint density at radius 3 is 2.69 bits per heavy atom. The molecule has 0 unspecified atom stereocenters. The van der Waals surface area contributed by atoms with Crippen molar-refractivity contribution in [3.05, 3.63) is 5.69 Å². The number of rotatable bonds is 4. The van der Waals surface area contributed by atoms with E-state index in [0.29, 0.717) is 18.2 Å². The van der Waals surface area contributed by atoms with Gasteiger partial charge in [-0.15, -0.1) is 0 Å². The van der Waals surface area contributed by atoms with Crippen LogP contribution in [-0.4, -0.2) is 16.4 Å². The Bertz CT molecular complexity index is 281. The van der Waals surface area contributed by atoms with Crippen LogP contribution >= 0.6 is 0 Å². The molecule has 1 aromatic rings. The standard InChI is InChI=1S/C9H17N3O/c1-4-6-13-9-8(10)7(3)11-12(9)5-2/h4-6,10H2,1-3H3. The summed E-state index contributed by atoms with van der Waals surface area (Å²) in [4.78, 5) is 0. The van der Waals surface area contributed by atoms with E-state index in [1.165, 1.54) is 0 Å². The van der Waals surface area contributed by atoms with Crippen LogP contribution in [0.4, 0.5) is 5.69 Å². The number of anilines is 1. The van der Waals surface area contributed by atoms with E-state index >= 15 is 0 Å². The molecule has 2 N–H and O–H groups in total. The van der Waals surface area contributed by atoms with Gasteiger partial charge >= 0.3 is 0 Å². The zero-order valence-electron chi connectivity index (χ0n) is 8.50. The van der Waals surface area contributed by atoms with E-state index < -0.39 is 0 Å². The van der Waals surface area contributed by atoms with Crippen molar-refractivity contribution in [2.75, 3.05) is 12.3 Å². The van der Waals surface area contributed by atoms with Crippen LogP contribution in [0, 0.1) is 6.92 Å². The molecule has 0 radical (unpaired) electrons. The molecule has 0 aromatic carbocycles. The summed E-state index contributed by atoms with van der Waals surface area (Å²) >= 11 is 0. The van der Waals surface area contributed by atoms with Gasteiger partial charge in [-0.1, -0.05) is 6.92 Å². The lowest BCUT2D eigenvalue weighted by Gasteiger charge is -2.06. The molecule has 0 atom stereocenters. The van der Waals surface area contributed by atoms with Crippen molar-refractivity contribution in [3.8, 4) is 5.88 Å². The molecule has 0 fully saturated rings. The molecule has 1 rings (SSSR count). The molecule has 4 heteroatoms. The quantitative estimate of drug-likeness (QED) is 0.771. The third-order valence-corrected chi connectivity index (χ3v) is 1.87. The summed E-state index contributed by atoms with van der Waals surface area (Å²) in [5.74, 6) is 0.710. The maximum absolute atomic E-state index is 5.81. The molecule has 74 valence electrons. The Hall–Kier alpha value is -1.19. The molecule has 0 amide bonds. The molecular formula is C9H17N3O. The van der Waals surface area contributed by atoms with Crippen LogP contribution in [0.2, 0.25) is 0 Å². The average Bonchev–Trinajstić information content (AvgIpc) is 2.40. The second-order valence-corrected chi connectivity index (χ2v) is 2.97. The van der Waals surface area contributed by atoms with E-state index in [1.807, 2.05) is 13.8 Å². The summed E-state index contributed by atoms with van der Waals surface area (Å²) in [7, 11) is 0. The van der Waals surface area contributed by atoms with Gasteiger partial charge in [0.15, 0.2) is 0 Å². The largest absolute Gasteiger partial charge is 0.476 e. The van der Waals surface area contributed by atoms with Crippen molar-refractivity contribution in [1.29, 1.82) is 0 Å². The SMILES string of the molecule is CCCOc1c(N)c(C)nn1CC. The number of ether oxygens (including phenoxy) is 1. The molecule has 0 aliphatic carbocycles. The molecule has 0 aliphatic heterocycles. The normalized spacial score (nSPS) is 10.4. The summed E-state index contributed by atoms with van der Waals surface area (Å²) in [6.07, 6.45) is 0.980. The summed E-state index contributed by atoms with van der Waals surface area (Å²) in [6, 6.07) is 0. The van der Waals surface area contributed by atoms with Gasteiger partial charge in [0.1, 0.15) is 5.69 Å². The molecule has 1 heterocycles. The number of aromatic nitrogens is 2. The lowest BCUT2D eigenvalue weighted by atomic mass is 10.4. The summed E-state index contributed by atoms with van der Waals surface area (Å²) in [6.45, 7) is 7.45. The van der Waals surface area contributed by atoms with Gasteiger partial charge in [0, 0.05) is 6.54 Å². The monoisotopic (exact) mass is 183 g/mol. The number of aryl methyl sites for hydroxylation is 2. The Labute approximate surface area is 78.7 Å². The first kappa shape index (κ1) is 9.89. The van der Waals surface area contributed by atoms with E-state index in [4.69, 9.17) is 10.5 Å². The zero-order chi connectivity index (χ0) is 9.84. The molecule has 13 heavy (non-hydrogen) atoms. The van der Waals surface area contributed by atoms with Crippen molar-refractivity contribution in [2.45, 2.75) is 33.7 Å². The van der Waals surface area contributed by atoms with E-state index in [9.17, 15) is 0 Å². The number of nitrogens with zero attached hydrogens (tertiary/aromatic N) is 2. The smallest absolute Gasteiger partial charge is 0.236 e. The van der Waals surface area contributed by atoms with Gasteiger partial charge in [0.2, 0.25) is 5.88 Å². The Balaban J connectivity index is 2.88. The van der Waals surface area contributed by atoms with Gasteiger partial charge in [0.05, 0.1) is 12.3 Å². The van der Waals surface area contributed by atoms with Gasteiger partial charge in [-0.3, -0.25) is 0 Å². The van der Waals surface area contributed by atoms with Crippen molar-refractivity contribution < 1.29 is 4.74 Å². The van der Waals surface area contributed by atoms with Crippen molar-refractivity contribution in [3.63, 3.8) is 0 Å². The lowest BCUT2D eigenvalue weighted by molar-refractivity contribution is 0.286. The van der Waals surface area contributed by atoms with Gasteiger partial charge < -0.3 is 10.5 Å². The van der Waals surface area contributed by atoms with E-state index in [2.05, 4.69) is 12.0 Å². The fraction of sp³-hybridized carbons (Fsp3) is 0.667. The van der Waals surface area contributed by atoms with Crippen LogP contribution < -0.4 is 10.5 Å². The van der Waals surface area contributed by atoms with Crippen molar-refractivity contribution in [2.24, 2.45) is 0 Å². The third kappa shape index (κ3) is 1.94. The Morgan fingerprint density at radius 2 is 2.15 bits per heavy atom. The van der Waals surface area contributed by atoms with Crippen LogP contribution in [0.15, 0.2) is 0 Å². The molecule has 0 aliphatic rings.